The van der Waals surface area contributed by atoms with Crippen LogP contribution in [0.5, 0.6) is 11.5 Å². The van der Waals surface area contributed by atoms with E-state index in [0.717, 1.165) is 22.4 Å². The van der Waals surface area contributed by atoms with E-state index in [1.165, 1.54) is 5.56 Å². The Morgan fingerprint density at radius 2 is 1.63 bits per heavy atom. The minimum absolute atomic E-state index is 0.00280. The number of alkyl halides is 1. The normalized spacial score (nSPS) is 11.5. The Morgan fingerprint density at radius 1 is 1.11 bits per heavy atom. The number of benzene rings is 1. The van der Waals surface area contributed by atoms with Crippen LogP contribution in [0, 0.1) is 0 Å². The van der Waals surface area contributed by atoms with E-state index in [4.69, 9.17) is 21.1 Å². The van der Waals surface area contributed by atoms with Gasteiger partial charge in [-0.2, -0.15) is 0 Å². The Hall–Kier alpha value is -0.410. The number of ether oxygens (including phenoxy) is 2. The molecule has 0 aliphatic heterocycles. The molecule has 0 aliphatic carbocycles. The Kier molecular flexibility index (Phi) is 6.48. The summed E-state index contributed by atoms with van der Waals surface area (Å²) in [5.41, 5.74) is 1.19. The lowest BCUT2D eigenvalue weighted by atomic mass is 9.82. The average Bonchev–Trinajstić information content (AvgIpc) is 2.32. The van der Waals surface area contributed by atoms with Gasteiger partial charge in [-0.05, 0) is 43.4 Å². The highest BCUT2D eigenvalue weighted by molar-refractivity contribution is 9.10. The zero-order valence-corrected chi connectivity index (χ0v) is 14.4. The van der Waals surface area contributed by atoms with Crippen LogP contribution in [0.3, 0.4) is 0 Å². The largest absolute Gasteiger partial charge is 0.490 e. The second kappa shape index (κ2) is 7.39. The van der Waals surface area contributed by atoms with Crippen LogP contribution in [0.15, 0.2) is 16.6 Å². The molecule has 0 unspecified atom stereocenters. The minimum Gasteiger partial charge on any atom is -0.490 e. The summed E-state index contributed by atoms with van der Waals surface area (Å²) in [5.74, 6) is 2.21. The molecule has 4 heteroatoms. The van der Waals surface area contributed by atoms with Crippen LogP contribution in [-0.4, -0.2) is 19.1 Å². The molecule has 0 heterocycles. The first kappa shape index (κ1) is 16.6. The van der Waals surface area contributed by atoms with Crippen LogP contribution in [0.1, 0.15) is 39.7 Å². The summed E-state index contributed by atoms with van der Waals surface area (Å²) < 4.78 is 12.3. The van der Waals surface area contributed by atoms with Gasteiger partial charge in [-0.15, -0.1) is 11.6 Å². The van der Waals surface area contributed by atoms with Crippen molar-refractivity contribution in [3.05, 3.63) is 22.2 Å². The molecule has 0 fully saturated rings. The molecule has 0 bridgehead atoms. The lowest BCUT2D eigenvalue weighted by molar-refractivity contribution is 0.286. The zero-order valence-electron chi connectivity index (χ0n) is 12.1. The highest BCUT2D eigenvalue weighted by atomic mass is 79.9. The third-order valence-electron chi connectivity index (χ3n) is 3.08. The number of rotatable bonds is 7. The van der Waals surface area contributed by atoms with Crippen LogP contribution in [-0.2, 0) is 5.41 Å². The number of hydrogen-bond acceptors (Lipinski definition) is 2. The van der Waals surface area contributed by atoms with E-state index >= 15 is 0 Å². The van der Waals surface area contributed by atoms with Crippen molar-refractivity contribution in [2.45, 2.75) is 39.5 Å². The molecule has 0 radical (unpaired) electrons. The molecule has 1 rings (SSSR count). The van der Waals surface area contributed by atoms with Gasteiger partial charge in [-0.1, -0.05) is 29.8 Å². The molecule has 1 aromatic rings. The molecule has 0 saturated heterocycles. The van der Waals surface area contributed by atoms with Crippen molar-refractivity contribution in [3.63, 3.8) is 0 Å². The van der Waals surface area contributed by atoms with Gasteiger partial charge in [-0.25, -0.2) is 0 Å². The van der Waals surface area contributed by atoms with E-state index < -0.39 is 0 Å². The summed E-state index contributed by atoms with van der Waals surface area (Å²) in [5, 5.41) is 0. The van der Waals surface area contributed by atoms with Crippen LogP contribution >= 0.6 is 27.5 Å². The summed E-state index contributed by atoms with van der Waals surface area (Å²) in [6.07, 6.45) is 0.909. The summed E-state index contributed by atoms with van der Waals surface area (Å²) in [4.78, 5) is 0. The second-order valence-electron chi connectivity index (χ2n) is 4.97. The fraction of sp³-hybridized carbons (Fsp3) is 0.600. The van der Waals surface area contributed by atoms with Gasteiger partial charge in [-0.3, -0.25) is 0 Å². The van der Waals surface area contributed by atoms with Gasteiger partial charge in [0.05, 0.1) is 13.2 Å². The first-order valence-corrected chi connectivity index (χ1v) is 7.94. The molecule has 19 heavy (non-hydrogen) atoms. The zero-order chi connectivity index (χ0) is 14.5. The maximum absolute atomic E-state index is 5.90. The van der Waals surface area contributed by atoms with E-state index in [1.54, 1.807) is 0 Å². The Morgan fingerprint density at radius 3 is 2.11 bits per heavy atom. The molecule has 0 amide bonds. The monoisotopic (exact) mass is 348 g/mol. The third-order valence-corrected chi connectivity index (χ3v) is 3.93. The van der Waals surface area contributed by atoms with Crippen LogP contribution in [0.4, 0.5) is 0 Å². The van der Waals surface area contributed by atoms with Gasteiger partial charge in [0.2, 0.25) is 0 Å². The van der Waals surface area contributed by atoms with E-state index in [1.807, 2.05) is 19.9 Å². The van der Waals surface area contributed by atoms with Gasteiger partial charge in [0.1, 0.15) is 0 Å². The van der Waals surface area contributed by atoms with Crippen molar-refractivity contribution in [1.29, 1.82) is 0 Å². The van der Waals surface area contributed by atoms with Crippen molar-refractivity contribution in [2.75, 3.05) is 19.1 Å². The molecule has 0 N–H and O–H groups in total. The topological polar surface area (TPSA) is 18.5 Å². The molecule has 0 aliphatic rings. The van der Waals surface area contributed by atoms with Gasteiger partial charge in [0.15, 0.2) is 11.5 Å². The van der Waals surface area contributed by atoms with Crippen molar-refractivity contribution >= 4 is 27.5 Å². The van der Waals surface area contributed by atoms with Crippen molar-refractivity contribution in [3.8, 4) is 11.5 Å². The predicted octanol–water partition coefficient (Wildman–Crippen LogP) is 5.15. The highest BCUT2D eigenvalue weighted by Crippen LogP contribution is 2.40. The van der Waals surface area contributed by atoms with Gasteiger partial charge >= 0.3 is 0 Å². The van der Waals surface area contributed by atoms with E-state index in [0.29, 0.717) is 19.1 Å². The maximum Gasteiger partial charge on any atom is 0.162 e. The van der Waals surface area contributed by atoms with E-state index in [9.17, 15) is 0 Å². The average molecular weight is 350 g/mol. The lowest BCUT2D eigenvalue weighted by Gasteiger charge is -2.27. The first-order chi connectivity index (χ1) is 8.96. The predicted molar refractivity (Wildman–Crippen MR) is 84.8 cm³/mol. The lowest BCUT2D eigenvalue weighted by Crippen LogP contribution is -2.19. The Balaban J connectivity index is 3.23. The summed E-state index contributed by atoms with van der Waals surface area (Å²) >= 11 is 9.53. The van der Waals surface area contributed by atoms with Crippen LogP contribution in [0.2, 0.25) is 0 Å². The number of hydrogen-bond donors (Lipinski definition) is 0. The first-order valence-electron chi connectivity index (χ1n) is 6.61. The smallest absolute Gasteiger partial charge is 0.162 e. The molecule has 108 valence electrons. The van der Waals surface area contributed by atoms with E-state index in [-0.39, 0.29) is 5.41 Å². The van der Waals surface area contributed by atoms with Gasteiger partial charge in [0, 0.05) is 10.4 Å². The highest BCUT2D eigenvalue weighted by Gasteiger charge is 2.24. The molecule has 2 nitrogen and oxygen atoms in total. The van der Waals surface area contributed by atoms with E-state index in [2.05, 4.69) is 35.8 Å². The SMILES string of the molecule is CCOc1cc(Br)c(C(C)(C)CCCl)cc1OCC. The molecule has 0 atom stereocenters. The molecular weight excluding hydrogens is 328 g/mol. The second-order valence-corrected chi connectivity index (χ2v) is 6.20. The fourth-order valence-electron chi connectivity index (χ4n) is 1.96. The van der Waals surface area contributed by atoms with Crippen LogP contribution < -0.4 is 9.47 Å². The minimum atomic E-state index is -0.00280. The Bertz CT molecular complexity index is 419. The summed E-state index contributed by atoms with van der Waals surface area (Å²) in [6, 6.07) is 4.05. The van der Waals surface area contributed by atoms with Crippen molar-refractivity contribution in [2.24, 2.45) is 0 Å². The quantitative estimate of drug-likeness (QED) is 0.634. The standard InChI is InChI=1S/C15H22BrClO2/c1-5-18-13-9-11(15(3,4)7-8-17)12(16)10-14(13)19-6-2/h9-10H,5-8H2,1-4H3. The molecule has 0 saturated carbocycles. The number of halogens is 2. The maximum atomic E-state index is 5.90. The molecule has 1 aromatic carbocycles. The van der Waals surface area contributed by atoms with Crippen LogP contribution in [0.25, 0.3) is 0 Å². The van der Waals surface area contributed by atoms with Crippen molar-refractivity contribution < 1.29 is 9.47 Å². The fourth-order valence-corrected chi connectivity index (χ4v) is 3.29. The summed E-state index contributed by atoms with van der Waals surface area (Å²) in [6.45, 7) is 9.56. The summed E-state index contributed by atoms with van der Waals surface area (Å²) in [7, 11) is 0. The molecule has 0 spiro atoms. The van der Waals surface area contributed by atoms with Gasteiger partial charge < -0.3 is 9.47 Å². The third kappa shape index (κ3) is 4.28. The van der Waals surface area contributed by atoms with Crippen molar-refractivity contribution in [1.82, 2.24) is 0 Å². The molecular formula is C15H22BrClO2. The van der Waals surface area contributed by atoms with Gasteiger partial charge in [0.25, 0.3) is 0 Å². The molecule has 0 aromatic heterocycles. The Labute approximate surface area is 129 Å².